The molecule has 1 heterocycles. The predicted octanol–water partition coefficient (Wildman–Crippen LogP) is 3.70. The third-order valence-electron chi connectivity index (χ3n) is 2.33. The quantitative estimate of drug-likeness (QED) is 0.863. The lowest BCUT2D eigenvalue weighted by Crippen LogP contribution is -2.04. The van der Waals surface area contributed by atoms with Crippen molar-refractivity contribution < 1.29 is 0 Å². The number of hydrogen-bond donors (Lipinski definition) is 2. The molecule has 1 aromatic carbocycles. The van der Waals surface area contributed by atoms with Crippen LogP contribution >= 0.6 is 11.6 Å². The SMILES string of the molecule is CCCNc1ccnc(Nc2ccccc2Cl)n1. The number of hydrogen-bond acceptors (Lipinski definition) is 4. The summed E-state index contributed by atoms with van der Waals surface area (Å²) in [5.74, 6) is 1.34. The highest BCUT2D eigenvalue weighted by Crippen LogP contribution is 2.23. The fraction of sp³-hybridized carbons (Fsp3) is 0.231. The van der Waals surface area contributed by atoms with E-state index in [0.717, 1.165) is 24.5 Å². The van der Waals surface area contributed by atoms with Gasteiger partial charge in [-0.25, -0.2) is 4.98 Å². The van der Waals surface area contributed by atoms with Gasteiger partial charge in [0.15, 0.2) is 0 Å². The van der Waals surface area contributed by atoms with E-state index in [9.17, 15) is 0 Å². The van der Waals surface area contributed by atoms with Crippen LogP contribution in [0.2, 0.25) is 5.02 Å². The summed E-state index contributed by atoms with van der Waals surface area (Å²) in [4.78, 5) is 8.52. The van der Waals surface area contributed by atoms with Gasteiger partial charge in [-0.2, -0.15) is 4.98 Å². The number of halogens is 1. The summed E-state index contributed by atoms with van der Waals surface area (Å²) >= 11 is 6.06. The standard InChI is InChI=1S/C13H15ClN4/c1-2-8-15-12-7-9-16-13(18-12)17-11-6-4-3-5-10(11)14/h3-7,9H,2,8H2,1H3,(H2,15,16,17,18). The summed E-state index contributed by atoms with van der Waals surface area (Å²) < 4.78 is 0. The van der Waals surface area contributed by atoms with E-state index in [4.69, 9.17) is 11.6 Å². The first kappa shape index (κ1) is 12.6. The van der Waals surface area contributed by atoms with Gasteiger partial charge in [-0.15, -0.1) is 0 Å². The molecular formula is C13H15ClN4. The van der Waals surface area contributed by atoms with E-state index < -0.39 is 0 Å². The Bertz CT molecular complexity index is 516. The van der Waals surface area contributed by atoms with Gasteiger partial charge in [0.25, 0.3) is 0 Å². The van der Waals surface area contributed by atoms with Crippen molar-refractivity contribution >= 4 is 29.1 Å². The molecule has 0 amide bonds. The first-order valence-corrected chi connectivity index (χ1v) is 6.26. The van der Waals surface area contributed by atoms with Crippen LogP contribution in [0.25, 0.3) is 0 Å². The molecule has 0 spiro atoms. The third kappa shape index (κ3) is 3.34. The fourth-order valence-corrected chi connectivity index (χ4v) is 1.64. The Hall–Kier alpha value is -1.81. The minimum absolute atomic E-state index is 0.532. The van der Waals surface area contributed by atoms with Crippen LogP contribution in [0.3, 0.4) is 0 Å². The molecular weight excluding hydrogens is 248 g/mol. The Balaban J connectivity index is 2.12. The van der Waals surface area contributed by atoms with Gasteiger partial charge in [-0.1, -0.05) is 30.7 Å². The van der Waals surface area contributed by atoms with Crippen LogP contribution in [0.5, 0.6) is 0 Å². The smallest absolute Gasteiger partial charge is 0.229 e. The maximum absolute atomic E-state index is 6.06. The molecule has 2 rings (SSSR count). The molecule has 1 aromatic heterocycles. The Kier molecular flexibility index (Phi) is 4.36. The number of aromatic nitrogens is 2. The Labute approximate surface area is 111 Å². The average Bonchev–Trinajstić information content (AvgIpc) is 2.40. The Morgan fingerprint density at radius 3 is 2.83 bits per heavy atom. The second kappa shape index (κ2) is 6.21. The molecule has 0 aliphatic heterocycles. The zero-order valence-corrected chi connectivity index (χ0v) is 10.9. The molecule has 5 heteroatoms. The lowest BCUT2D eigenvalue weighted by molar-refractivity contribution is 0.966. The normalized spacial score (nSPS) is 10.1. The van der Waals surface area contributed by atoms with Gasteiger partial charge >= 0.3 is 0 Å². The molecule has 2 N–H and O–H groups in total. The van der Waals surface area contributed by atoms with Crippen LogP contribution in [0.1, 0.15) is 13.3 Å². The number of rotatable bonds is 5. The second-order valence-electron chi connectivity index (χ2n) is 3.80. The largest absolute Gasteiger partial charge is 0.370 e. The summed E-state index contributed by atoms with van der Waals surface area (Å²) in [6.45, 7) is 3.00. The van der Waals surface area contributed by atoms with Crippen molar-refractivity contribution in [1.29, 1.82) is 0 Å². The minimum atomic E-state index is 0.532. The highest BCUT2D eigenvalue weighted by Gasteiger charge is 2.02. The van der Waals surface area contributed by atoms with Crippen molar-refractivity contribution in [3.05, 3.63) is 41.6 Å². The van der Waals surface area contributed by atoms with E-state index in [0.29, 0.717) is 11.0 Å². The first-order valence-electron chi connectivity index (χ1n) is 5.88. The van der Waals surface area contributed by atoms with E-state index in [1.165, 1.54) is 0 Å². The lowest BCUT2D eigenvalue weighted by atomic mass is 10.3. The zero-order chi connectivity index (χ0) is 12.8. The van der Waals surface area contributed by atoms with E-state index >= 15 is 0 Å². The van der Waals surface area contributed by atoms with Crippen molar-refractivity contribution in [3.63, 3.8) is 0 Å². The molecule has 0 unspecified atom stereocenters. The molecule has 0 saturated carbocycles. The van der Waals surface area contributed by atoms with Gasteiger partial charge in [0, 0.05) is 12.7 Å². The predicted molar refractivity (Wildman–Crippen MR) is 75.5 cm³/mol. The number of anilines is 3. The summed E-state index contributed by atoms with van der Waals surface area (Å²) in [7, 11) is 0. The van der Waals surface area contributed by atoms with Crippen molar-refractivity contribution in [3.8, 4) is 0 Å². The highest BCUT2D eigenvalue weighted by atomic mass is 35.5. The van der Waals surface area contributed by atoms with Crippen LogP contribution in [-0.2, 0) is 0 Å². The van der Waals surface area contributed by atoms with Crippen molar-refractivity contribution in [1.82, 2.24) is 9.97 Å². The second-order valence-corrected chi connectivity index (χ2v) is 4.20. The molecule has 2 aromatic rings. The average molecular weight is 263 g/mol. The molecule has 0 aliphatic carbocycles. The van der Waals surface area contributed by atoms with Gasteiger partial charge in [-0.05, 0) is 24.6 Å². The highest BCUT2D eigenvalue weighted by molar-refractivity contribution is 6.33. The van der Waals surface area contributed by atoms with Crippen molar-refractivity contribution in [2.45, 2.75) is 13.3 Å². The zero-order valence-electron chi connectivity index (χ0n) is 10.2. The molecule has 0 bridgehead atoms. The number of nitrogens with zero attached hydrogens (tertiary/aromatic N) is 2. The molecule has 0 radical (unpaired) electrons. The molecule has 18 heavy (non-hydrogen) atoms. The maximum Gasteiger partial charge on any atom is 0.229 e. The van der Waals surface area contributed by atoms with Gasteiger partial charge in [0.1, 0.15) is 5.82 Å². The van der Waals surface area contributed by atoms with E-state index in [1.54, 1.807) is 6.20 Å². The lowest BCUT2D eigenvalue weighted by Gasteiger charge is -2.08. The van der Waals surface area contributed by atoms with Crippen LogP contribution in [0.15, 0.2) is 36.5 Å². The first-order chi connectivity index (χ1) is 8.79. The molecule has 4 nitrogen and oxygen atoms in total. The topological polar surface area (TPSA) is 49.8 Å². The minimum Gasteiger partial charge on any atom is -0.370 e. The van der Waals surface area contributed by atoms with E-state index in [2.05, 4.69) is 27.5 Å². The van der Waals surface area contributed by atoms with E-state index in [1.807, 2.05) is 30.3 Å². The van der Waals surface area contributed by atoms with Crippen LogP contribution < -0.4 is 10.6 Å². The number of nitrogens with one attached hydrogen (secondary N) is 2. The summed E-state index contributed by atoms with van der Waals surface area (Å²) in [6.07, 6.45) is 2.77. The maximum atomic E-state index is 6.06. The van der Waals surface area contributed by atoms with E-state index in [-0.39, 0.29) is 0 Å². The van der Waals surface area contributed by atoms with Crippen molar-refractivity contribution in [2.24, 2.45) is 0 Å². The third-order valence-corrected chi connectivity index (χ3v) is 2.66. The summed E-state index contributed by atoms with van der Waals surface area (Å²) in [5, 5.41) is 6.95. The fourth-order valence-electron chi connectivity index (χ4n) is 1.45. The molecule has 0 saturated heterocycles. The molecule has 0 atom stereocenters. The monoisotopic (exact) mass is 262 g/mol. The molecule has 0 fully saturated rings. The van der Waals surface area contributed by atoms with Crippen LogP contribution in [0, 0.1) is 0 Å². The van der Waals surface area contributed by atoms with Gasteiger partial charge in [0.2, 0.25) is 5.95 Å². The van der Waals surface area contributed by atoms with Crippen LogP contribution in [0.4, 0.5) is 17.5 Å². The Morgan fingerprint density at radius 1 is 1.22 bits per heavy atom. The molecule has 0 aliphatic rings. The van der Waals surface area contributed by atoms with Gasteiger partial charge in [0.05, 0.1) is 10.7 Å². The number of benzene rings is 1. The van der Waals surface area contributed by atoms with Gasteiger partial charge < -0.3 is 10.6 Å². The summed E-state index contributed by atoms with van der Waals surface area (Å²) in [6, 6.07) is 9.34. The van der Waals surface area contributed by atoms with Crippen LogP contribution in [-0.4, -0.2) is 16.5 Å². The number of para-hydroxylation sites is 1. The van der Waals surface area contributed by atoms with Gasteiger partial charge in [-0.3, -0.25) is 0 Å². The summed E-state index contributed by atoms with van der Waals surface area (Å²) in [5.41, 5.74) is 0.798. The Morgan fingerprint density at radius 2 is 2.06 bits per heavy atom. The van der Waals surface area contributed by atoms with Crippen molar-refractivity contribution in [2.75, 3.05) is 17.2 Å². The molecule has 94 valence electrons.